The highest BCUT2D eigenvalue weighted by atomic mass is 15.3. The van der Waals surface area contributed by atoms with Gasteiger partial charge >= 0.3 is 0 Å². The lowest BCUT2D eigenvalue weighted by Crippen LogP contribution is -2.31. The van der Waals surface area contributed by atoms with E-state index in [0.717, 1.165) is 29.8 Å². The lowest BCUT2D eigenvalue weighted by atomic mass is 10.0. The fraction of sp³-hybridized carbons (Fsp3) is 0.429. The van der Waals surface area contributed by atoms with Crippen molar-refractivity contribution in [3.8, 4) is 22.4 Å². The zero-order valence-corrected chi connectivity index (χ0v) is 15.5. The van der Waals surface area contributed by atoms with Crippen molar-refractivity contribution in [2.24, 2.45) is 7.05 Å². The van der Waals surface area contributed by atoms with Gasteiger partial charge < -0.3 is 4.90 Å². The van der Waals surface area contributed by atoms with Crippen molar-refractivity contribution in [2.75, 3.05) is 19.6 Å². The van der Waals surface area contributed by atoms with E-state index in [1.54, 1.807) is 0 Å². The number of hydrogen-bond acceptors (Lipinski definition) is 3. The first kappa shape index (κ1) is 17.0. The Morgan fingerprint density at radius 1 is 0.962 bits per heavy atom. The van der Waals surface area contributed by atoms with Gasteiger partial charge in [-0.3, -0.25) is 9.36 Å². The number of piperidine rings is 1. The van der Waals surface area contributed by atoms with Gasteiger partial charge in [-0.15, -0.1) is 0 Å². The molecule has 5 heteroatoms. The monoisotopic (exact) mass is 349 g/mol. The van der Waals surface area contributed by atoms with Crippen molar-refractivity contribution in [1.82, 2.24) is 24.5 Å². The molecule has 5 nitrogen and oxygen atoms in total. The van der Waals surface area contributed by atoms with E-state index < -0.39 is 0 Å². The second-order valence-corrected chi connectivity index (χ2v) is 7.20. The molecule has 0 radical (unpaired) electrons. The Hall–Kier alpha value is -2.40. The summed E-state index contributed by atoms with van der Waals surface area (Å²) in [6, 6.07) is 10.6. The highest BCUT2D eigenvalue weighted by Crippen LogP contribution is 2.25. The highest BCUT2D eigenvalue weighted by molar-refractivity contribution is 5.70. The molecule has 0 amide bonds. The van der Waals surface area contributed by atoms with Crippen molar-refractivity contribution in [2.45, 2.75) is 32.2 Å². The molecule has 26 heavy (non-hydrogen) atoms. The summed E-state index contributed by atoms with van der Waals surface area (Å²) in [4.78, 5) is 2.59. The van der Waals surface area contributed by atoms with Gasteiger partial charge in [-0.25, -0.2) is 0 Å². The molecule has 0 bridgehead atoms. The second kappa shape index (κ2) is 7.87. The smallest absolute Gasteiger partial charge is 0.0923 e. The summed E-state index contributed by atoms with van der Waals surface area (Å²) in [6.45, 7) is 4.71. The van der Waals surface area contributed by atoms with Gasteiger partial charge in [0.25, 0.3) is 0 Å². The molecule has 0 atom stereocenters. The Bertz CT molecular complexity index is 841. The minimum atomic E-state index is 0.985. The summed E-state index contributed by atoms with van der Waals surface area (Å²) in [5, 5.41) is 9.05. The van der Waals surface area contributed by atoms with Gasteiger partial charge in [-0.2, -0.15) is 10.2 Å². The zero-order valence-electron chi connectivity index (χ0n) is 15.5. The third-order valence-corrected chi connectivity index (χ3v) is 5.15. The molecule has 1 saturated heterocycles. The van der Waals surface area contributed by atoms with Crippen molar-refractivity contribution in [1.29, 1.82) is 0 Å². The van der Waals surface area contributed by atoms with E-state index in [9.17, 15) is 0 Å². The topological polar surface area (TPSA) is 38.9 Å². The molecular weight excluding hydrogens is 322 g/mol. The van der Waals surface area contributed by atoms with E-state index in [0.29, 0.717) is 0 Å². The lowest BCUT2D eigenvalue weighted by Gasteiger charge is -2.26. The Labute approximate surface area is 155 Å². The molecule has 4 rings (SSSR count). The van der Waals surface area contributed by atoms with Crippen molar-refractivity contribution < 1.29 is 0 Å². The number of rotatable bonds is 6. The molecule has 0 N–H and O–H groups in total. The van der Waals surface area contributed by atoms with Crippen LogP contribution < -0.4 is 0 Å². The van der Waals surface area contributed by atoms with Crippen LogP contribution in [-0.2, 0) is 13.6 Å². The Morgan fingerprint density at radius 2 is 1.81 bits per heavy atom. The molecule has 2 aromatic heterocycles. The molecule has 1 aromatic carbocycles. The largest absolute Gasteiger partial charge is 0.303 e. The average Bonchev–Trinajstić information content (AvgIpc) is 3.32. The van der Waals surface area contributed by atoms with Crippen molar-refractivity contribution in [3.05, 3.63) is 48.9 Å². The molecule has 1 aliphatic rings. The van der Waals surface area contributed by atoms with E-state index in [1.807, 2.05) is 24.1 Å². The van der Waals surface area contributed by atoms with Gasteiger partial charge in [0.15, 0.2) is 0 Å². The summed E-state index contributed by atoms with van der Waals surface area (Å²) in [6.07, 6.45) is 11.3. The predicted molar refractivity (Wildman–Crippen MR) is 105 cm³/mol. The van der Waals surface area contributed by atoms with Gasteiger partial charge in [0.2, 0.25) is 0 Å². The minimum absolute atomic E-state index is 0.985. The van der Waals surface area contributed by atoms with E-state index in [-0.39, 0.29) is 0 Å². The number of aromatic nitrogens is 4. The Kier molecular flexibility index (Phi) is 5.16. The molecular formula is C21H27N5. The third kappa shape index (κ3) is 4.05. The van der Waals surface area contributed by atoms with Crippen LogP contribution in [0.2, 0.25) is 0 Å². The van der Waals surface area contributed by atoms with Gasteiger partial charge in [-0.1, -0.05) is 24.6 Å². The number of benzene rings is 1. The van der Waals surface area contributed by atoms with Crippen LogP contribution in [0, 0.1) is 0 Å². The normalized spacial score (nSPS) is 15.4. The molecule has 136 valence electrons. The average molecular weight is 349 g/mol. The van der Waals surface area contributed by atoms with Gasteiger partial charge in [0.05, 0.1) is 11.9 Å². The minimum Gasteiger partial charge on any atom is -0.303 e. The third-order valence-electron chi connectivity index (χ3n) is 5.15. The zero-order chi connectivity index (χ0) is 17.8. The molecule has 3 aromatic rings. The fourth-order valence-electron chi connectivity index (χ4n) is 3.71. The van der Waals surface area contributed by atoms with Crippen LogP contribution in [0.4, 0.5) is 0 Å². The summed E-state index contributed by atoms with van der Waals surface area (Å²) < 4.78 is 3.91. The van der Waals surface area contributed by atoms with Crippen LogP contribution in [0.15, 0.2) is 48.9 Å². The second-order valence-electron chi connectivity index (χ2n) is 7.20. The summed E-state index contributed by atoms with van der Waals surface area (Å²) in [5.74, 6) is 0. The molecule has 0 aliphatic carbocycles. The first-order valence-electron chi connectivity index (χ1n) is 9.63. The SMILES string of the molecule is Cn1cc(-c2cccc(-c3ccn(CCCN4CCCCC4)n3)c2)cn1. The lowest BCUT2D eigenvalue weighted by molar-refractivity contribution is 0.222. The first-order chi connectivity index (χ1) is 12.8. The molecule has 0 saturated carbocycles. The fourth-order valence-corrected chi connectivity index (χ4v) is 3.71. The first-order valence-corrected chi connectivity index (χ1v) is 9.63. The maximum atomic E-state index is 4.78. The van der Waals surface area contributed by atoms with Crippen LogP contribution in [0.1, 0.15) is 25.7 Å². The quantitative estimate of drug-likeness (QED) is 0.679. The molecule has 1 fully saturated rings. The van der Waals surface area contributed by atoms with E-state index >= 15 is 0 Å². The number of aryl methyl sites for hydroxylation is 2. The van der Waals surface area contributed by atoms with Crippen LogP contribution >= 0.6 is 0 Å². The standard InChI is InChI=1S/C21H27N5/c1-24-17-20(16-22-24)18-7-5-8-19(15-18)21-9-14-26(23-21)13-6-12-25-10-3-2-4-11-25/h5,7-9,14-17H,2-4,6,10-13H2,1H3. The van der Waals surface area contributed by atoms with Crippen molar-refractivity contribution in [3.63, 3.8) is 0 Å². The van der Waals surface area contributed by atoms with E-state index in [2.05, 4.69) is 51.2 Å². The maximum Gasteiger partial charge on any atom is 0.0923 e. The summed E-state index contributed by atoms with van der Waals surface area (Å²) in [5.41, 5.74) is 4.50. The maximum absolute atomic E-state index is 4.78. The van der Waals surface area contributed by atoms with E-state index in [4.69, 9.17) is 5.10 Å². The van der Waals surface area contributed by atoms with Gasteiger partial charge in [0, 0.05) is 37.1 Å². The van der Waals surface area contributed by atoms with Crippen LogP contribution in [-0.4, -0.2) is 44.1 Å². The van der Waals surface area contributed by atoms with Crippen LogP contribution in [0.5, 0.6) is 0 Å². The summed E-state index contributed by atoms with van der Waals surface area (Å²) >= 11 is 0. The molecule has 0 unspecified atom stereocenters. The van der Waals surface area contributed by atoms with Gasteiger partial charge in [0.1, 0.15) is 0 Å². The van der Waals surface area contributed by atoms with Gasteiger partial charge in [-0.05, 0) is 56.6 Å². The van der Waals surface area contributed by atoms with Crippen LogP contribution in [0.25, 0.3) is 22.4 Å². The Balaban J connectivity index is 1.39. The number of likely N-dealkylation sites (tertiary alicyclic amines) is 1. The number of nitrogens with zero attached hydrogens (tertiary/aromatic N) is 5. The predicted octanol–water partition coefficient (Wildman–Crippen LogP) is 3.83. The molecule has 3 heterocycles. The Morgan fingerprint density at radius 3 is 2.62 bits per heavy atom. The number of hydrogen-bond donors (Lipinski definition) is 0. The van der Waals surface area contributed by atoms with Crippen LogP contribution in [0.3, 0.4) is 0 Å². The molecule has 1 aliphatic heterocycles. The summed E-state index contributed by atoms with van der Waals surface area (Å²) in [7, 11) is 1.94. The highest BCUT2D eigenvalue weighted by Gasteiger charge is 2.10. The molecule has 0 spiro atoms. The van der Waals surface area contributed by atoms with Crippen molar-refractivity contribution >= 4 is 0 Å². The van der Waals surface area contributed by atoms with E-state index in [1.165, 1.54) is 44.5 Å².